The van der Waals surface area contributed by atoms with Crippen molar-refractivity contribution in [2.24, 2.45) is 0 Å². The first-order valence-electron chi connectivity index (χ1n) is 5.32. The van der Waals surface area contributed by atoms with Crippen LogP contribution in [0.5, 0.6) is 0 Å². The summed E-state index contributed by atoms with van der Waals surface area (Å²) in [6.45, 7) is 3.73. The van der Waals surface area contributed by atoms with E-state index in [2.05, 4.69) is 0 Å². The maximum atomic E-state index is 11.8. The van der Waals surface area contributed by atoms with Crippen LogP contribution in [0.15, 0.2) is 11.3 Å². The summed E-state index contributed by atoms with van der Waals surface area (Å²) >= 11 is 1.66. The van der Waals surface area contributed by atoms with Crippen LogP contribution in [0, 0.1) is 0 Å². The van der Waals surface area contributed by atoms with E-state index >= 15 is 0 Å². The average molecular weight is 241 g/mol. The molecule has 1 amide bonds. The minimum atomic E-state index is -0.377. The van der Waals surface area contributed by atoms with Crippen LogP contribution in [0.3, 0.4) is 0 Å². The number of Topliss-reactive ketones (excluding diaryl/α,β-unsaturated/α-hetero) is 1. The third-order valence-corrected chi connectivity index (χ3v) is 4.35. The van der Waals surface area contributed by atoms with Gasteiger partial charge in [0.25, 0.3) is 5.91 Å². The second kappa shape index (κ2) is 4.22. The molecule has 0 aromatic carbocycles. The van der Waals surface area contributed by atoms with Crippen molar-refractivity contribution in [1.82, 2.24) is 4.90 Å². The number of nitrogens with zero attached hydrogens (tertiary/aromatic N) is 1. The van der Waals surface area contributed by atoms with Gasteiger partial charge in [-0.2, -0.15) is 0 Å². The Hall–Kier alpha value is -0.810. The molecule has 0 saturated carbocycles. The Bertz CT molecular complexity index is 377. The van der Waals surface area contributed by atoms with Gasteiger partial charge in [0.2, 0.25) is 0 Å². The van der Waals surface area contributed by atoms with Crippen LogP contribution >= 0.6 is 11.8 Å². The first-order chi connectivity index (χ1) is 7.61. The van der Waals surface area contributed by atoms with E-state index in [4.69, 9.17) is 4.74 Å². The molecule has 16 heavy (non-hydrogen) atoms. The summed E-state index contributed by atoms with van der Waals surface area (Å²) in [7, 11) is 1.53. The van der Waals surface area contributed by atoms with Crippen LogP contribution in [-0.2, 0) is 14.3 Å². The molecule has 0 N–H and O–H groups in total. The molecule has 1 fully saturated rings. The molecule has 2 aliphatic heterocycles. The fraction of sp³-hybridized carbons (Fsp3) is 0.636. The Morgan fingerprint density at radius 1 is 1.62 bits per heavy atom. The smallest absolute Gasteiger partial charge is 0.260 e. The topological polar surface area (TPSA) is 46.6 Å². The number of carbonyl (C=O) groups excluding carboxylic acids is 2. The van der Waals surface area contributed by atoms with Crippen molar-refractivity contribution in [3.8, 4) is 0 Å². The summed E-state index contributed by atoms with van der Waals surface area (Å²) in [4.78, 5) is 25.2. The Morgan fingerprint density at radius 3 is 2.88 bits per heavy atom. The number of ether oxygens (including phenoxy) is 1. The van der Waals surface area contributed by atoms with E-state index in [0.717, 1.165) is 11.3 Å². The summed E-state index contributed by atoms with van der Waals surface area (Å²) in [6, 6.07) is 0. The molecule has 0 aliphatic carbocycles. The molecule has 1 saturated heterocycles. The molecule has 5 heteroatoms. The maximum absolute atomic E-state index is 11.8. The Morgan fingerprint density at radius 2 is 2.31 bits per heavy atom. The number of β-lactam (4-membered cyclic amide) rings is 1. The summed E-state index contributed by atoms with van der Waals surface area (Å²) in [5, 5.41) is -0.00769. The normalized spacial score (nSPS) is 28.9. The van der Waals surface area contributed by atoms with Gasteiger partial charge in [-0.1, -0.05) is 6.92 Å². The zero-order valence-corrected chi connectivity index (χ0v) is 10.5. The zero-order chi connectivity index (χ0) is 11.9. The van der Waals surface area contributed by atoms with E-state index in [1.165, 1.54) is 7.11 Å². The van der Waals surface area contributed by atoms with E-state index in [0.29, 0.717) is 12.1 Å². The predicted octanol–water partition coefficient (Wildman–Crippen LogP) is 1.17. The number of hydrogen-bond acceptors (Lipinski definition) is 4. The average Bonchev–Trinajstić information content (AvgIpc) is 2.29. The second-order valence-electron chi connectivity index (χ2n) is 3.97. The Labute approximate surface area is 99.0 Å². The molecule has 2 rings (SSSR count). The molecule has 0 aromatic rings. The molecule has 0 spiro atoms. The number of thioether (sulfide) groups is 1. The lowest BCUT2D eigenvalue weighted by molar-refractivity contribution is -0.159. The highest BCUT2D eigenvalue weighted by atomic mass is 32.2. The number of amides is 1. The largest absolute Gasteiger partial charge is 0.368 e. The number of allylic oxidation sites excluding steroid dienone is 1. The van der Waals surface area contributed by atoms with Gasteiger partial charge in [-0.15, -0.1) is 11.8 Å². The van der Waals surface area contributed by atoms with E-state index in [9.17, 15) is 9.59 Å². The maximum Gasteiger partial charge on any atom is 0.260 e. The molecule has 2 aliphatic rings. The van der Waals surface area contributed by atoms with Gasteiger partial charge in [0, 0.05) is 19.3 Å². The third-order valence-electron chi connectivity index (χ3n) is 2.95. The summed E-state index contributed by atoms with van der Waals surface area (Å²) < 4.78 is 5.12. The molecule has 0 aromatic heterocycles. The van der Waals surface area contributed by atoms with Gasteiger partial charge in [0.15, 0.2) is 11.9 Å². The monoisotopic (exact) mass is 241 g/mol. The van der Waals surface area contributed by atoms with Gasteiger partial charge < -0.3 is 4.74 Å². The van der Waals surface area contributed by atoms with Crippen molar-refractivity contribution < 1.29 is 14.3 Å². The van der Waals surface area contributed by atoms with Crippen LogP contribution in [-0.4, -0.2) is 40.9 Å². The molecule has 2 heterocycles. The molecular formula is C11H15NO3S. The van der Waals surface area contributed by atoms with Crippen LogP contribution in [0.4, 0.5) is 0 Å². The SMILES string of the molecule is CCC(=O)C1=C(C)CS[C@@H]2[C@@H](OC)C(=O)N12. The van der Waals surface area contributed by atoms with Crippen molar-refractivity contribution in [3.05, 3.63) is 11.3 Å². The molecule has 0 unspecified atom stereocenters. The quantitative estimate of drug-likeness (QED) is 0.696. The van der Waals surface area contributed by atoms with Crippen molar-refractivity contribution in [2.75, 3.05) is 12.9 Å². The van der Waals surface area contributed by atoms with Gasteiger partial charge in [-0.25, -0.2) is 0 Å². The molecule has 88 valence electrons. The predicted molar refractivity (Wildman–Crippen MR) is 61.9 cm³/mol. The van der Waals surface area contributed by atoms with E-state index in [1.807, 2.05) is 13.8 Å². The summed E-state index contributed by atoms with van der Waals surface area (Å²) in [5.41, 5.74) is 1.60. The lowest BCUT2D eigenvalue weighted by Crippen LogP contribution is -2.65. The summed E-state index contributed by atoms with van der Waals surface area (Å²) in [5.74, 6) is 0.761. The lowest BCUT2D eigenvalue weighted by atomic mass is 10.0. The number of rotatable bonds is 3. The minimum absolute atomic E-state index is 0.00769. The minimum Gasteiger partial charge on any atom is -0.368 e. The summed E-state index contributed by atoms with van der Waals surface area (Å²) in [6.07, 6.45) is 0.0589. The highest BCUT2D eigenvalue weighted by molar-refractivity contribution is 8.00. The fourth-order valence-electron chi connectivity index (χ4n) is 2.08. The van der Waals surface area contributed by atoms with Crippen molar-refractivity contribution in [3.63, 3.8) is 0 Å². The lowest BCUT2D eigenvalue weighted by Gasteiger charge is -2.49. The van der Waals surface area contributed by atoms with Gasteiger partial charge >= 0.3 is 0 Å². The molecular weight excluding hydrogens is 226 g/mol. The number of fused-ring (bicyclic) bond motifs is 1. The van der Waals surface area contributed by atoms with Gasteiger partial charge in [-0.05, 0) is 12.5 Å². The van der Waals surface area contributed by atoms with Crippen LogP contribution in [0.25, 0.3) is 0 Å². The van der Waals surface area contributed by atoms with Crippen molar-refractivity contribution in [1.29, 1.82) is 0 Å². The van der Waals surface area contributed by atoms with E-state index in [1.54, 1.807) is 16.7 Å². The third kappa shape index (κ3) is 1.50. The number of methoxy groups -OCH3 is 1. The molecule has 0 bridgehead atoms. The number of ketones is 1. The highest BCUT2D eigenvalue weighted by Gasteiger charge is 2.52. The molecule has 4 nitrogen and oxygen atoms in total. The Balaban J connectivity index is 2.30. The number of hydrogen-bond donors (Lipinski definition) is 0. The van der Waals surface area contributed by atoms with E-state index < -0.39 is 0 Å². The van der Waals surface area contributed by atoms with Crippen molar-refractivity contribution in [2.45, 2.75) is 31.7 Å². The van der Waals surface area contributed by atoms with Crippen LogP contribution in [0.1, 0.15) is 20.3 Å². The fourth-order valence-corrected chi connectivity index (χ4v) is 3.40. The molecule has 2 atom stereocenters. The standard InChI is InChI=1S/C11H15NO3S/c1-4-7(13)8-6(2)5-16-11-9(15-3)10(14)12(8)11/h9,11H,4-5H2,1-3H3/t9-,11+/m0/s1. The van der Waals surface area contributed by atoms with Gasteiger partial charge in [0.05, 0.1) is 5.70 Å². The zero-order valence-electron chi connectivity index (χ0n) is 9.65. The molecule has 0 radical (unpaired) electrons. The Kier molecular flexibility index (Phi) is 3.08. The van der Waals surface area contributed by atoms with Crippen molar-refractivity contribution >= 4 is 23.5 Å². The first-order valence-corrected chi connectivity index (χ1v) is 6.37. The van der Waals surface area contributed by atoms with Gasteiger partial charge in [-0.3, -0.25) is 14.5 Å². The number of carbonyl (C=O) groups is 2. The highest BCUT2D eigenvalue weighted by Crippen LogP contribution is 2.41. The van der Waals surface area contributed by atoms with Crippen LogP contribution in [0.2, 0.25) is 0 Å². The second-order valence-corrected chi connectivity index (χ2v) is 5.08. The van der Waals surface area contributed by atoms with E-state index in [-0.39, 0.29) is 23.2 Å². The first kappa shape index (κ1) is 11.7. The van der Waals surface area contributed by atoms with Crippen LogP contribution < -0.4 is 0 Å². The van der Waals surface area contributed by atoms with Gasteiger partial charge in [0.1, 0.15) is 5.37 Å².